The Hall–Kier alpha value is -3.47. The number of unbranched alkanes of at least 4 members (excludes halogenated alkanes) is 42. The fraction of sp³-hybridized carbons (Fsp3) is 0.930. The van der Waals surface area contributed by atoms with Gasteiger partial charge in [-0.15, -0.1) is 0 Å². The summed E-state index contributed by atoms with van der Waals surface area (Å²) >= 11 is 0. The molecule has 0 radical (unpaired) electrons. The Balaban J connectivity index is 0.0000152. The smallest absolute Gasteiger partial charge is 0.397 e. The van der Waals surface area contributed by atoms with Crippen LogP contribution >= 0.6 is 0 Å². The zero-order valence-corrected chi connectivity index (χ0v) is 70.9. The van der Waals surface area contributed by atoms with Crippen molar-refractivity contribution >= 4 is 46.0 Å². The molecule has 0 aromatic carbocycles. The van der Waals surface area contributed by atoms with Crippen LogP contribution in [0.4, 0.5) is 0 Å². The lowest BCUT2D eigenvalue weighted by Gasteiger charge is -2.45. The van der Waals surface area contributed by atoms with Crippen molar-refractivity contribution in [3.8, 4) is 0 Å². The summed E-state index contributed by atoms with van der Waals surface area (Å²) in [6.45, 7) is 22.0. The molecule has 0 aromatic heterocycles. The zero-order valence-electron chi connectivity index (χ0n) is 70.1. The molecular formula is C86H166N4O16S. The molecule has 0 bridgehead atoms. The molecule has 1 saturated heterocycles. The first kappa shape index (κ1) is 104. The lowest BCUT2D eigenvalue weighted by molar-refractivity contribution is -0.245. The van der Waals surface area contributed by atoms with Gasteiger partial charge < -0.3 is 49.6 Å². The van der Waals surface area contributed by atoms with Crippen molar-refractivity contribution in [2.45, 2.75) is 477 Å². The summed E-state index contributed by atoms with van der Waals surface area (Å²) in [6.07, 6.45) is 44.4. The van der Waals surface area contributed by atoms with Gasteiger partial charge in [0.05, 0.1) is 38.5 Å². The van der Waals surface area contributed by atoms with Crippen LogP contribution in [0.2, 0.25) is 0 Å². The van der Waals surface area contributed by atoms with Gasteiger partial charge in [0.25, 0.3) is 0 Å². The molecule has 0 spiro atoms. The van der Waals surface area contributed by atoms with E-state index >= 15 is 0 Å². The number of nitrogens with zero attached hydrogens (tertiary/aromatic N) is 1. The van der Waals surface area contributed by atoms with Crippen molar-refractivity contribution in [2.75, 3.05) is 39.4 Å². The molecule has 3 amide bonds. The van der Waals surface area contributed by atoms with Gasteiger partial charge in [-0.2, -0.15) is 8.42 Å². The van der Waals surface area contributed by atoms with Gasteiger partial charge >= 0.3 is 28.3 Å². The van der Waals surface area contributed by atoms with E-state index in [0.29, 0.717) is 44.9 Å². The van der Waals surface area contributed by atoms with E-state index in [1.54, 1.807) is 0 Å². The number of carbonyl (C=O) groups excluding carboxylic acids is 6. The van der Waals surface area contributed by atoms with Gasteiger partial charge in [-0.05, 0) is 77.4 Å². The molecule has 8 atom stereocenters. The molecule has 1 heterocycles. The fourth-order valence-electron chi connectivity index (χ4n) is 14.1. The van der Waals surface area contributed by atoms with Gasteiger partial charge in [0.2, 0.25) is 17.7 Å². The monoisotopic (exact) mass is 1540 g/mol. The molecular weight excluding hydrogens is 1380 g/mol. The lowest BCUT2D eigenvalue weighted by Crippen LogP contribution is -2.70. The Bertz CT molecular complexity index is 2210. The molecule has 632 valence electrons. The highest BCUT2D eigenvalue weighted by Gasteiger charge is 2.50. The number of carbonyl (C=O) groups is 6. The first-order valence-corrected chi connectivity index (χ1v) is 45.9. The number of nitrogens with one attached hydrogen (secondary N) is 3. The Morgan fingerprint density at radius 3 is 0.925 bits per heavy atom. The maximum absolute atomic E-state index is 14.8. The summed E-state index contributed by atoms with van der Waals surface area (Å²) in [5, 5.41) is 19.5. The summed E-state index contributed by atoms with van der Waals surface area (Å²) < 4.78 is 71.9. The van der Waals surface area contributed by atoms with E-state index in [-0.39, 0.29) is 63.6 Å². The minimum atomic E-state index is -5.34. The van der Waals surface area contributed by atoms with Crippen LogP contribution in [0.1, 0.15) is 428 Å². The molecule has 1 fully saturated rings. The third kappa shape index (κ3) is 62.7. The average molecular weight is 1540 g/mol. The summed E-state index contributed by atoms with van der Waals surface area (Å²) in [7, 11) is -5.34. The maximum Gasteiger partial charge on any atom is 0.397 e. The van der Waals surface area contributed by atoms with Crippen LogP contribution in [0.15, 0.2) is 0 Å². The fourth-order valence-corrected chi connectivity index (χ4v) is 14.6. The van der Waals surface area contributed by atoms with E-state index < -0.39 is 89.7 Å². The Morgan fingerprint density at radius 2 is 0.654 bits per heavy atom. The average Bonchev–Trinajstić information content (AvgIpc) is 0.781. The number of aliphatic hydroxyl groups excluding tert-OH is 1. The predicted molar refractivity (Wildman–Crippen MR) is 435 cm³/mol. The SMILES string of the molecule is CCCCCCCCCCC[C@H](CC(=O)NCCO[C@@H]1O[C@H](CO)[C@@H](OS(=O)(=O)O)[C@@H](NC(=O)C[C@@H](CCCCCCCCCCC)OC(=O)CCCCCCCCC)[C@H]1NC(=O)C[C@@H](CCCCCCCCCCC)OC(=O)CCCCCCCCC)OC(=O)CCCCCCCCC.CCN(CC)CC. The third-order valence-electron chi connectivity index (χ3n) is 20.8. The van der Waals surface area contributed by atoms with Gasteiger partial charge in [-0.3, -0.25) is 33.3 Å². The predicted octanol–water partition coefficient (Wildman–Crippen LogP) is 20.4. The normalized spacial score (nSPS) is 16.7. The molecule has 21 heteroatoms. The largest absolute Gasteiger partial charge is 0.462 e. The van der Waals surface area contributed by atoms with Crippen molar-refractivity contribution < 1.29 is 74.7 Å². The van der Waals surface area contributed by atoms with Crippen LogP contribution in [0.3, 0.4) is 0 Å². The van der Waals surface area contributed by atoms with E-state index in [1.165, 1.54) is 129 Å². The van der Waals surface area contributed by atoms with Crippen LogP contribution in [0.5, 0.6) is 0 Å². The first-order chi connectivity index (χ1) is 51.9. The maximum atomic E-state index is 14.8. The summed E-state index contributed by atoms with van der Waals surface area (Å²) in [5.41, 5.74) is 0. The number of aliphatic hydroxyl groups is 1. The molecule has 20 nitrogen and oxygen atoms in total. The Morgan fingerprint density at radius 1 is 0.383 bits per heavy atom. The summed E-state index contributed by atoms with van der Waals surface area (Å²) in [4.78, 5) is 86.0. The molecule has 5 N–H and O–H groups in total. The minimum absolute atomic E-state index is 0.0773. The number of rotatable bonds is 75. The highest BCUT2D eigenvalue weighted by molar-refractivity contribution is 7.80. The standard InChI is InChI=1S/C80H151N3O16S.C6H15N/c1-7-13-19-25-31-34-40-43-49-55-67(95-74(88)58-52-46-37-28-22-16-10-4)63-71(85)81-61-62-94-80-78(83-73(87)65-69(57-51-45-42-36-33-27-21-15-9-3)97-76(90)60-54-48-39-30-24-18-12-6)77(79(70(66-84)98-80)99-100(91,92)93)82-72(86)64-68(56-50-44-41-35-32-26-20-14-8-2)96-75(89)59-53-47-38-29-23-17-11-5;1-4-7(5-2)6-3/h67-70,77-80,84H,7-66H2,1-6H3,(H,81,85)(H,82,86)(H,83,87)(H,91,92,93);4-6H2,1-3H3/t67-,68-,69-,70-,77+,78-,79-,80-;/m1./s1. The number of amides is 3. The van der Waals surface area contributed by atoms with Crippen molar-refractivity contribution in [2.24, 2.45) is 0 Å². The van der Waals surface area contributed by atoms with Crippen LogP contribution in [-0.4, -0.2) is 147 Å². The second-order valence-corrected chi connectivity index (χ2v) is 31.7. The molecule has 1 rings (SSSR count). The lowest BCUT2D eigenvalue weighted by atomic mass is 9.93. The zero-order chi connectivity index (χ0) is 79.1. The Kier molecular flexibility index (Phi) is 71.6. The highest BCUT2D eigenvalue weighted by atomic mass is 32.3. The molecule has 0 saturated carbocycles. The minimum Gasteiger partial charge on any atom is -0.462 e. The van der Waals surface area contributed by atoms with Crippen LogP contribution < -0.4 is 16.0 Å². The number of ether oxygens (including phenoxy) is 5. The molecule has 0 aliphatic carbocycles. The molecule has 1 aliphatic heterocycles. The van der Waals surface area contributed by atoms with Crippen LogP contribution in [-0.2, 0) is 67.0 Å². The summed E-state index contributed by atoms with van der Waals surface area (Å²) in [5.74, 6) is -2.92. The van der Waals surface area contributed by atoms with E-state index in [1.807, 2.05) is 0 Å². The van der Waals surface area contributed by atoms with Crippen molar-refractivity contribution in [3.63, 3.8) is 0 Å². The second-order valence-electron chi connectivity index (χ2n) is 30.7. The van der Waals surface area contributed by atoms with Crippen LogP contribution in [0, 0.1) is 0 Å². The first-order valence-electron chi connectivity index (χ1n) is 44.6. The van der Waals surface area contributed by atoms with Gasteiger partial charge in [0.1, 0.15) is 36.6 Å². The molecule has 0 aromatic rings. The molecule has 107 heavy (non-hydrogen) atoms. The quantitative estimate of drug-likeness (QED) is 0.0164. The van der Waals surface area contributed by atoms with E-state index in [4.69, 9.17) is 27.9 Å². The third-order valence-corrected chi connectivity index (χ3v) is 21.3. The van der Waals surface area contributed by atoms with Gasteiger partial charge in [0.15, 0.2) is 6.29 Å². The van der Waals surface area contributed by atoms with Crippen molar-refractivity contribution in [1.82, 2.24) is 20.9 Å². The van der Waals surface area contributed by atoms with Gasteiger partial charge in [-0.25, -0.2) is 4.18 Å². The number of hydrogen-bond acceptors (Lipinski definition) is 16. The van der Waals surface area contributed by atoms with Gasteiger partial charge in [-0.1, -0.05) is 332 Å². The van der Waals surface area contributed by atoms with Crippen molar-refractivity contribution in [3.05, 3.63) is 0 Å². The number of esters is 3. The molecule has 0 unspecified atom stereocenters. The van der Waals surface area contributed by atoms with Gasteiger partial charge in [0, 0.05) is 25.8 Å². The second kappa shape index (κ2) is 74.0. The van der Waals surface area contributed by atoms with Crippen LogP contribution in [0.25, 0.3) is 0 Å². The summed E-state index contributed by atoms with van der Waals surface area (Å²) in [6, 6.07) is -3.08. The molecule has 1 aliphatic rings. The van der Waals surface area contributed by atoms with E-state index in [0.717, 1.165) is 173 Å². The van der Waals surface area contributed by atoms with E-state index in [9.17, 15) is 46.8 Å². The topological polar surface area (TPSA) is 272 Å². The highest BCUT2D eigenvalue weighted by Crippen LogP contribution is 2.28. The van der Waals surface area contributed by atoms with Crippen molar-refractivity contribution in [1.29, 1.82) is 0 Å². The number of hydrogen-bond donors (Lipinski definition) is 5. The Labute approximate surface area is 654 Å². The van der Waals surface area contributed by atoms with E-state index in [2.05, 4.69) is 83.2 Å².